The molecular weight excluding hydrogens is 472 g/mol. The second kappa shape index (κ2) is 11.9. The number of aromatic nitrogens is 3. The van der Waals surface area contributed by atoms with Crippen LogP contribution in [-0.4, -0.2) is 51.6 Å². The number of thioether (sulfide) groups is 1. The first-order valence-electron chi connectivity index (χ1n) is 10.8. The topological polar surface area (TPSA) is 73.4 Å². The van der Waals surface area contributed by atoms with Crippen LogP contribution in [0.25, 0.3) is 11.4 Å². The highest BCUT2D eigenvalue weighted by Gasteiger charge is 2.19. The van der Waals surface area contributed by atoms with E-state index in [1.54, 1.807) is 18.3 Å². The lowest BCUT2D eigenvalue weighted by Gasteiger charge is -2.22. The maximum atomic E-state index is 13.1. The molecule has 2 heterocycles. The van der Waals surface area contributed by atoms with Gasteiger partial charge in [-0.3, -0.25) is 9.36 Å². The fourth-order valence-electron chi connectivity index (χ4n) is 3.42. The van der Waals surface area contributed by atoms with Crippen LogP contribution in [0.2, 0.25) is 5.02 Å². The van der Waals surface area contributed by atoms with E-state index < -0.39 is 0 Å². The van der Waals surface area contributed by atoms with E-state index in [0.29, 0.717) is 42.2 Å². The van der Waals surface area contributed by atoms with E-state index in [1.807, 2.05) is 71.3 Å². The molecule has 9 heteroatoms. The standard InChI is InChI=1S/C25H25ClN4O3S/c1-32-15-13-29(16-19-6-3-2-4-7-19)23(31)18-34-25-28-27-24(20-9-11-21(26)12-10-20)30(25)17-22-8-5-14-33-22/h2-12,14H,13,15-18H2,1H3. The molecule has 7 nitrogen and oxygen atoms in total. The van der Waals surface area contributed by atoms with Gasteiger partial charge in [-0.1, -0.05) is 53.7 Å². The maximum Gasteiger partial charge on any atom is 0.233 e. The van der Waals surface area contributed by atoms with Gasteiger partial charge in [0.1, 0.15) is 5.76 Å². The molecule has 0 radical (unpaired) electrons. The van der Waals surface area contributed by atoms with Crippen molar-refractivity contribution < 1.29 is 13.9 Å². The van der Waals surface area contributed by atoms with Crippen LogP contribution in [0.15, 0.2) is 82.6 Å². The summed E-state index contributed by atoms with van der Waals surface area (Å²) in [6.07, 6.45) is 1.63. The predicted molar refractivity (Wildman–Crippen MR) is 133 cm³/mol. The third-order valence-corrected chi connectivity index (χ3v) is 6.38. The number of hydrogen-bond donors (Lipinski definition) is 0. The molecule has 4 rings (SSSR count). The molecule has 2 aromatic carbocycles. The molecule has 0 saturated carbocycles. The summed E-state index contributed by atoms with van der Waals surface area (Å²) < 4.78 is 12.7. The van der Waals surface area contributed by atoms with Crippen molar-refractivity contribution in [3.05, 3.63) is 89.3 Å². The normalized spacial score (nSPS) is 11.0. The van der Waals surface area contributed by atoms with E-state index in [-0.39, 0.29) is 11.7 Å². The molecule has 2 aromatic heterocycles. The number of rotatable bonds is 11. The van der Waals surface area contributed by atoms with Crippen LogP contribution in [0.1, 0.15) is 11.3 Å². The van der Waals surface area contributed by atoms with E-state index in [2.05, 4.69) is 10.2 Å². The smallest absolute Gasteiger partial charge is 0.233 e. The van der Waals surface area contributed by atoms with Crippen LogP contribution < -0.4 is 0 Å². The van der Waals surface area contributed by atoms with Crippen molar-refractivity contribution in [3.63, 3.8) is 0 Å². The second-order valence-electron chi connectivity index (χ2n) is 7.56. The van der Waals surface area contributed by atoms with E-state index in [1.165, 1.54) is 11.8 Å². The number of halogens is 1. The third-order valence-electron chi connectivity index (χ3n) is 5.17. The minimum absolute atomic E-state index is 0.00601. The van der Waals surface area contributed by atoms with Gasteiger partial charge in [0.15, 0.2) is 11.0 Å². The number of amides is 1. The van der Waals surface area contributed by atoms with Crippen molar-refractivity contribution in [2.24, 2.45) is 0 Å². The number of methoxy groups -OCH3 is 1. The average Bonchev–Trinajstić information content (AvgIpc) is 3.52. The number of carbonyl (C=O) groups excluding carboxylic acids is 1. The molecule has 0 atom stereocenters. The van der Waals surface area contributed by atoms with E-state index in [0.717, 1.165) is 16.9 Å². The molecule has 34 heavy (non-hydrogen) atoms. The van der Waals surface area contributed by atoms with Crippen LogP contribution in [0, 0.1) is 0 Å². The van der Waals surface area contributed by atoms with Gasteiger partial charge in [-0.2, -0.15) is 0 Å². The largest absolute Gasteiger partial charge is 0.467 e. The van der Waals surface area contributed by atoms with Crippen LogP contribution in [0.3, 0.4) is 0 Å². The Kier molecular flexibility index (Phi) is 8.41. The Labute approximate surface area is 207 Å². The lowest BCUT2D eigenvalue weighted by Crippen LogP contribution is -2.34. The zero-order valence-electron chi connectivity index (χ0n) is 18.8. The first-order chi connectivity index (χ1) is 16.6. The summed E-state index contributed by atoms with van der Waals surface area (Å²) in [7, 11) is 1.63. The summed E-state index contributed by atoms with van der Waals surface area (Å²) in [4.78, 5) is 14.9. The zero-order valence-corrected chi connectivity index (χ0v) is 20.3. The molecule has 0 aliphatic heterocycles. The number of hydrogen-bond acceptors (Lipinski definition) is 6. The molecule has 0 saturated heterocycles. The van der Waals surface area contributed by atoms with Crippen LogP contribution in [-0.2, 0) is 22.6 Å². The Morgan fingerprint density at radius 3 is 2.59 bits per heavy atom. The Bertz CT molecular complexity index is 1180. The molecule has 0 fully saturated rings. The number of carbonyl (C=O) groups is 1. The summed E-state index contributed by atoms with van der Waals surface area (Å²) >= 11 is 7.41. The lowest BCUT2D eigenvalue weighted by atomic mass is 10.2. The van der Waals surface area contributed by atoms with Gasteiger partial charge in [-0.15, -0.1) is 10.2 Å². The van der Waals surface area contributed by atoms with Crippen LogP contribution in [0.5, 0.6) is 0 Å². The molecule has 0 spiro atoms. The fraction of sp³-hybridized carbons (Fsp3) is 0.240. The monoisotopic (exact) mass is 496 g/mol. The van der Waals surface area contributed by atoms with Gasteiger partial charge in [0, 0.05) is 30.8 Å². The van der Waals surface area contributed by atoms with Gasteiger partial charge in [-0.25, -0.2) is 0 Å². The molecule has 176 valence electrons. The number of benzene rings is 2. The number of furan rings is 1. The van der Waals surface area contributed by atoms with Crippen LogP contribution in [0.4, 0.5) is 0 Å². The van der Waals surface area contributed by atoms with Gasteiger partial charge in [0.2, 0.25) is 5.91 Å². The summed E-state index contributed by atoms with van der Waals surface area (Å²) in [6.45, 7) is 1.96. The molecule has 4 aromatic rings. The van der Waals surface area contributed by atoms with E-state index >= 15 is 0 Å². The average molecular weight is 497 g/mol. The highest BCUT2D eigenvalue weighted by molar-refractivity contribution is 7.99. The van der Waals surface area contributed by atoms with Gasteiger partial charge >= 0.3 is 0 Å². The van der Waals surface area contributed by atoms with Gasteiger partial charge < -0.3 is 14.1 Å². The third kappa shape index (κ3) is 6.28. The lowest BCUT2D eigenvalue weighted by molar-refractivity contribution is -0.129. The zero-order chi connectivity index (χ0) is 23.8. The van der Waals surface area contributed by atoms with Crippen molar-refractivity contribution in [1.82, 2.24) is 19.7 Å². The highest BCUT2D eigenvalue weighted by atomic mass is 35.5. The number of ether oxygens (including phenoxy) is 1. The summed E-state index contributed by atoms with van der Waals surface area (Å²) in [6, 6.07) is 21.1. The summed E-state index contributed by atoms with van der Waals surface area (Å²) in [5.74, 6) is 1.69. The van der Waals surface area contributed by atoms with Crippen molar-refractivity contribution in [3.8, 4) is 11.4 Å². The first kappa shape index (κ1) is 24.1. The Morgan fingerprint density at radius 2 is 1.88 bits per heavy atom. The summed E-state index contributed by atoms with van der Waals surface area (Å²) in [5.41, 5.74) is 1.95. The molecule has 0 aliphatic rings. The van der Waals surface area contributed by atoms with Crippen molar-refractivity contribution in [1.29, 1.82) is 0 Å². The molecule has 0 aliphatic carbocycles. The SMILES string of the molecule is COCCN(Cc1ccccc1)C(=O)CSc1nnc(-c2ccc(Cl)cc2)n1Cc1ccco1. The first-order valence-corrected chi connectivity index (χ1v) is 12.2. The van der Waals surface area contributed by atoms with Gasteiger partial charge in [0.05, 0.1) is 25.2 Å². The molecule has 0 bridgehead atoms. The van der Waals surface area contributed by atoms with Crippen molar-refractivity contribution >= 4 is 29.3 Å². The van der Waals surface area contributed by atoms with Crippen molar-refractivity contribution in [2.75, 3.05) is 26.0 Å². The quantitative estimate of drug-likeness (QED) is 0.272. The number of nitrogens with zero attached hydrogens (tertiary/aromatic N) is 4. The van der Waals surface area contributed by atoms with Gasteiger partial charge in [-0.05, 0) is 42.0 Å². The predicted octanol–water partition coefficient (Wildman–Crippen LogP) is 5.01. The Morgan fingerprint density at radius 1 is 1.09 bits per heavy atom. The second-order valence-corrected chi connectivity index (χ2v) is 8.94. The minimum atomic E-state index is 0.00601. The Balaban J connectivity index is 1.52. The molecule has 0 unspecified atom stereocenters. The Hall–Kier alpha value is -3.07. The molecule has 0 N–H and O–H groups in total. The molecule has 1 amide bonds. The van der Waals surface area contributed by atoms with Gasteiger partial charge in [0.25, 0.3) is 0 Å². The van der Waals surface area contributed by atoms with Crippen LogP contribution >= 0.6 is 23.4 Å². The fourth-order valence-corrected chi connectivity index (χ4v) is 4.39. The molecular formula is C25H25ClN4O3S. The van der Waals surface area contributed by atoms with E-state index in [9.17, 15) is 4.79 Å². The maximum absolute atomic E-state index is 13.1. The van der Waals surface area contributed by atoms with Crippen molar-refractivity contribution in [2.45, 2.75) is 18.2 Å². The van der Waals surface area contributed by atoms with E-state index in [4.69, 9.17) is 20.8 Å². The minimum Gasteiger partial charge on any atom is -0.467 e. The summed E-state index contributed by atoms with van der Waals surface area (Å²) in [5, 5.41) is 10.1. The highest BCUT2D eigenvalue weighted by Crippen LogP contribution is 2.26.